The summed E-state index contributed by atoms with van der Waals surface area (Å²) >= 11 is 5.75. The zero-order chi connectivity index (χ0) is 9.47. The summed E-state index contributed by atoms with van der Waals surface area (Å²) in [5.41, 5.74) is 5.94. The summed E-state index contributed by atoms with van der Waals surface area (Å²) in [6.07, 6.45) is 1.73. The van der Waals surface area contributed by atoms with E-state index in [1.54, 1.807) is 12.1 Å². The molecule has 1 aliphatic carbocycles. The molecule has 1 fully saturated rings. The third-order valence-electron chi connectivity index (χ3n) is 2.62. The zero-order valence-electron chi connectivity index (χ0n) is 7.09. The molecule has 2 rings (SSSR count). The van der Waals surface area contributed by atoms with E-state index < -0.39 is 0 Å². The van der Waals surface area contributed by atoms with E-state index in [9.17, 15) is 4.79 Å². The number of rotatable bonds is 2. The minimum atomic E-state index is -0.384. The molecular formula is C10H10ClNO. The molecule has 0 radical (unpaired) electrons. The van der Waals surface area contributed by atoms with Crippen LogP contribution in [-0.2, 0) is 10.2 Å². The Balaban J connectivity index is 2.36. The van der Waals surface area contributed by atoms with Crippen molar-refractivity contribution >= 4 is 17.5 Å². The van der Waals surface area contributed by atoms with Crippen molar-refractivity contribution in [2.45, 2.75) is 18.3 Å². The molecule has 0 heterocycles. The summed E-state index contributed by atoms with van der Waals surface area (Å²) in [7, 11) is 0. The van der Waals surface area contributed by atoms with E-state index in [0.29, 0.717) is 5.02 Å². The molecule has 3 heteroatoms. The predicted octanol–water partition coefficient (Wildman–Crippen LogP) is 1.86. The van der Waals surface area contributed by atoms with Gasteiger partial charge in [-0.2, -0.15) is 0 Å². The van der Waals surface area contributed by atoms with Crippen molar-refractivity contribution in [3.8, 4) is 0 Å². The molecule has 2 N–H and O–H groups in total. The van der Waals surface area contributed by atoms with Crippen LogP contribution in [0.4, 0.5) is 0 Å². The molecule has 68 valence electrons. The third kappa shape index (κ3) is 1.31. The molecule has 0 atom stereocenters. The van der Waals surface area contributed by atoms with Crippen LogP contribution in [0.3, 0.4) is 0 Å². The van der Waals surface area contributed by atoms with Gasteiger partial charge in [0, 0.05) is 5.02 Å². The second-order valence-electron chi connectivity index (χ2n) is 3.45. The van der Waals surface area contributed by atoms with Crippen LogP contribution in [0.5, 0.6) is 0 Å². The summed E-state index contributed by atoms with van der Waals surface area (Å²) in [6, 6.07) is 7.33. The van der Waals surface area contributed by atoms with Crippen molar-refractivity contribution in [1.29, 1.82) is 0 Å². The number of hydrogen-bond acceptors (Lipinski definition) is 1. The van der Waals surface area contributed by atoms with Crippen molar-refractivity contribution in [2.75, 3.05) is 0 Å². The Bertz CT molecular complexity index is 340. The first kappa shape index (κ1) is 8.57. The van der Waals surface area contributed by atoms with Gasteiger partial charge in [-0.25, -0.2) is 0 Å². The molecule has 0 spiro atoms. The molecule has 0 bridgehead atoms. The monoisotopic (exact) mass is 195 g/mol. The van der Waals surface area contributed by atoms with Gasteiger partial charge < -0.3 is 5.73 Å². The van der Waals surface area contributed by atoms with Crippen LogP contribution in [0.25, 0.3) is 0 Å². The van der Waals surface area contributed by atoms with Crippen molar-refractivity contribution in [3.05, 3.63) is 34.9 Å². The van der Waals surface area contributed by atoms with E-state index in [4.69, 9.17) is 17.3 Å². The van der Waals surface area contributed by atoms with Gasteiger partial charge in [0.1, 0.15) is 0 Å². The molecule has 1 aliphatic rings. The van der Waals surface area contributed by atoms with E-state index in [2.05, 4.69) is 0 Å². The molecular weight excluding hydrogens is 186 g/mol. The Morgan fingerprint density at radius 2 is 1.85 bits per heavy atom. The fourth-order valence-corrected chi connectivity index (χ4v) is 1.70. The van der Waals surface area contributed by atoms with Gasteiger partial charge in [0.15, 0.2) is 0 Å². The Hall–Kier alpha value is -1.02. The predicted molar refractivity (Wildman–Crippen MR) is 51.6 cm³/mol. The summed E-state index contributed by atoms with van der Waals surface area (Å²) in [6.45, 7) is 0. The van der Waals surface area contributed by atoms with Crippen LogP contribution in [0.15, 0.2) is 24.3 Å². The number of hydrogen-bond donors (Lipinski definition) is 1. The molecule has 1 aromatic rings. The lowest BCUT2D eigenvalue weighted by Gasteiger charge is -2.10. The second-order valence-corrected chi connectivity index (χ2v) is 3.89. The van der Waals surface area contributed by atoms with Gasteiger partial charge in [-0.05, 0) is 30.5 Å². The standard InChI is InChI=1S/C10H10ClNO/c11-8-3-1-7(2-4-8)10(5-6-10)9(12)13/h1-4H,5-6H2,(H2,12,13). The molecule has 0 saturated heterocycles. The normalized spacial score (nSPS) is 18.2. The average Bonchev–Trinajstić information content (AvgIpc) is 2.86. The number of carbonyl (C=O) groups excluding carboxylic acids is 1. The Kier molecular flexibility index (Phi) is 1.81. The Morgan fingerprint density at radius 1 is 1.31 bits per heavy atom. The summed E-state index contributed by atoms with van der Waals surface area (Å²) < 4.78 is 0. The topological polar surface area (TPSA) is 43.1 Å². The van der Waals surface area contributed by atoms with Crippen LogP contribution in [0, 0.1) is 0 Å². The van der Waals surface area contributed by atoms with E-state index in [-0.39, 0.29) is 11.3 Å². The van der Waals surface area contributed by atoms with Crippen LogP contribution in [-0.4, -0.2) is 5.91 Å². The summed E-state index contributed by atoms with van der Waals surface area (Å²) in [5, 5.41) is 0.684. The van der Waals surface area contributed by atoms with Crippen LogP contribution < -0.4 is 5.73 Å². The first-order valence-electron chi connectivity index (χ1n) is 4.21. The lowest BCUT2D eigenvalue weighted by atomic mass is 9.96. The van der Waals surface area contributed by atoms with E-state index >= 15 is 0 Å². The van der Waals surface area contributed by atoms with Crippen LogP contribution in [0.1, 0.15) is 18.4 Å². The highest BCUT2D eigenvalue weighted by Crippen LogP contribution is 2.47. The number of carbonyl (C=O) groups is 1. The van der Waals surface area contributed by atoms with Gasteiger partial charge in [0.05, 0.1) is 5.41 Å². The number of primary amides is 1. The molecule has 0 aromatic heterocycles. The van der Waals surface area contributed by atoms with Gasteiger partial charge in [0.2, 0.25) is 5.91 Å². The van der Waals surface area contributed by atoms with E-state index in [1.807, 2.05) is 12.1 Å². The van der Waals surface area contributed by atoms with Crippen LogP contribution >= 0.6 is 11.6 Å². The van der Waals surface area contributed by atoms with Gasteiger partial charge in [0.25, 0.3) is 0 Å². The Labute approximate surface area is 81.7 Å². The van der Waals surface area contributed by atoms with E-state index in [1.165, 1.54) is 0 Å². The summed E-state index contributed by atoms with van der Waals surface area (Å²) in [4.78, 5) is 11.2. The third-order valence-corrected chi connectivity index (χ3v) is 2.87. The lowest BCUT2D eigenvalue weighted by Crippen LogP contribution is -2.28. The molecule has 1 amide bonds. The fourth-order valence-electron chi connectivity index (χ4n) is 1.57. The largest absolute Gasteiger partial charge is 0.369 e. The van der Waals surface area contributed by atoms with Gasteiger partial charge in [-0.15, -0.1) is 0 Å². The van der Waals surface area contributed by atoms with E-state index in [0.717, 1.165) is 18.4 Å². The molecule has 1 saturated carbocycles. The minimum Gasteiger partial charge on any atom is -0.369 e. The molecule has 13 heavy (non-hydrogen) atoms. The highest BCUT2D eigenvalue weighted by molar-refractivity contribution is 6.30. The van der Waals surface area contributed by atoms with Crippen molar-refractivity contribution < 1.29 is 4.79 Å². The first-order valence-corrected chi connectivity index (χ1v) is 4.59. The smallest absolute Gasteiger partial charge is 0.228 e. The molecule has 0 unspecified atom stereocenters. The zero-order valence-corrected chi connectivity index (χ0v) is 7.84. The van der Waals surface area contributed by atoms with Crippen molar-refractivity contribution in [1.82, 2.24) is 0 Å². The van der Waals surface area contributed by atoms with Crippen LogP contribution in [0.2, 0.25) is 5.02 Å². The number of amides is 1. The second kappa shape index (κ2) is 2.74. The average molecular weight is 196 g/mol. The first-order chi connectivity index (χ1) is 6.15. The highest BCUT2D eigenvalue weighted by atomic mass is 35.5. The Morgan fingerprint density at radius 3 is 2.23 bits per heavy atom. The maximum Gasteiger partial charge on any atom is 0.228 e. The lowest BCUT2D eigenvalue weighted by molar-refractivity contribution is -0.120. The molecule has 2 nitrogen and oxygen atoms in total. The summed E-state index contributed by atoms with van der Waals surface area (Å²) in [5.74, 6) is -0.227. The number of nitrogens with two attached hydrogens (primary N) is 1. The minimum absolute atomic E-state index is 0.227. The molecule has 0 aliphatic heterocycles. The SMILES string of the molecule is NC(=O)C1(c2ccc(Cl)cc2)CC1. The van der Waals surface area contributed by atoms with Crippen molar-refractivity contribution in [3.63, 3.8) is 0 Å². The van der Waals surface area contributed by atoms with Crippen molar-refractivity contribution in [2.24, 2.45) is 5.73 Å². The van der Waals surface area contributed by atoms with Gasteiger partial charge in [-0.3, -0.25) is 4.79 Å². The van der Waals surface area contributed by atoms with Gasteiger partial charge >= 0.3 is 0 Å². The van der Waals surface area contributed by atoms with Gasteiger partial charge in [-0.1, -0.05) is 23.7 Å². The maximum absolute atomic E-state index is 11.2. The number of benzene rings is 1. The number of halogens is 1. The highest BCUT2D eigenvalue weighted by Gasteiger charge is 2.49. The fraction of sp³-hybridized carbons (Fsp3) is 0.300. The molecule has 1 aromatic carbocycles. The maximum atomic E-state index is 11.2. The quantitative estimate of drug-likeness (QED) is 0.769.